The van der Waals surface area contributed by atoms with Crippen LogP contribution in [-0.4, -0.2) is 16.2 Å². The molecule has 12 heavy (non-hydrogen) atoms. The maximum Gasteiger partial charge on any atom is 0.0794 e. The van der Waals surface area contributed by atoms with Crippen LogP contribution in [0.3, 0.4) is 0 Å². The fourth-order valence-corrected chi connectivity index (χ4v) is 2.43. The van der Waals surface area contributed by atoms with Crippen molar-refractivity contribution in [3.05, 3.63) is 16.6 Å². The molecule has 1 heterocycles. The smallest absolute Gasteiger partial charge is 0.0794 e. The standard InChI is InChI=1S/C9H13NOS/c11-9-3-1-2-7(9)4-8-5-12-6-10-8/h5-7,9,11H,1-4H2/t7-,9+/m0/s1. The van der Waals surface area contributed by atoms with Crippen molar-refractivity contribution >= 4 is 11.3 Å². The molecule has 0 spiro atoms. The first-order valence-corrected chi connectivity index (χ1v) is 5.35. The molecule has 1 aromatic rings. The van der Waals surface area contributed by atoms with Crippen LogP contribution in [0.2, 0.25) is 0 Å². The normalized spacial score (nSPS) is 29.4. The van der Waals surface area contributed by atoms with E-state index in [9.17, 15) is 5.11 Å². The average molecular weight is 183 g/mol. The van der Waals surface area contributed by atoms with Gasteiger partial charge in [0.05, 0.1) is 17.3 Å². The van der Waals surface area contributed by atoms with E-state index in [0.717, 1.165) is 18.5 Å². The van der Waals surface area contributed by atoms with E-state index in [1.807, 2.05) is 5.51 Å². The largest absolute Gasteiger partial charge is 0.393 e. The molecule has 1 N–H and O–H groups in total. The summed E-state index contributed by atoms with van der Waals surface area (Å²) in [6, 6.07) is 0. The molecular weight excluding hydrogens is 170 g/mol. The lowest BCUT2D eigenvalue weighted by Gasteiger charge is -2.11. The van der Waals surface area contributed by atoms with E-state index in [1.165, 1.54) is 12.8 Å². The van der Waals surface area contributed by atoms with Crippen molar-refractivity contribution in [3.8, 4) is 0 Å². The van der Waals surface area contributed by atoms with Gasteiger partial charge in [0.15, 0.2) is 0 Å². The number of hydrogen-bond donors (Lipinski definition) is 1. The molecule has 1 aromatic heterocycles. The topological polar surface area (TPSA) is 33.1 Å². The molecule has 0 saturated heterocycles. The minimum Gasteiger partial charge on any atom is -0.393 e. The molecule has 2 rings (SSSR count). The number of nitrogens with zero attached hydrogens (tertiary/aromatic N) is 1. The van der Waals surface area contributed by atoms with E-state index < -0.39 is 0 Å². The van der Waals surface area contributed by atoms with Crippen molar-refractivity contribution in [1.82, 2.24) is 4.98 Å². The highest BCUT2D eigenvalue weighted by Crippen LogP contribution is 2.28. The summed E-state index contributed by atoms with van der Waals surface area (Å²) in [5, 5.41) is 11.6. The Bertz CT molecular complexity index is 235. The molecule has 0 aromatic carbocycles. The van der Waals surface area contributed by atoms with Gasteiger partial charge in [-0.2, -0.15) is 0 Å². The third-order valence-corrected chi connectivity index (χ3v) is 3.21. The Balaban J connectivity index is 1.95. The lowest BCUT2D eigenvalue weighted by molar-refractivity contribution is 0.132. The van der Waals surface area contributed by atoms with E-state index >= 15 is 0 Å². The van der Waals surface area contributed by atoms with Gasteiger partial charge in [0, 0.05) is 5.38 Å². The number of thiazole rings is 1. The van der Waals surface area contributed by atoms with Gasteiger partial charge in [0.25, 0.3) is 0 Å². The zero-order chi connectivity index (χ0) is 8.39. The minimum atomic E-state index is -0.0771. The highest BCUT2D eigenvalue weighted by atomic mass is 32.1. The molecule has 1 fully saturated rings. The predicted octanol–water partition coefficient (Wildman–Crippen LogP) is 1.85. The first-order chi connectivity index (χ1) is 5.86. The molecule has 2 atom stereocenters. The third-order valence-electron chi connectivity index (χ3n) is 2.57. The van der Waals surface area contributed by atoms with Crippen molar-refractivity contribution in [2.75, 3.05) is 0 Å². The van der Waals surface area contributed by atoms with Crippen LogP contribution < -0.4 is 0 Å². The molecular formula is C9H13NOS. The molecule has 3 heteroatoms. The van der Waals surface area contributed by atoms with Crippen LogP contribution in [0.5, 0.6) is 0 Å². The van der Waals surface area contributed by atoms with Crippen molar-refractivity contribution in [3.63, 3.8) is 0 Å². The highest BCUT2D eigenvalue weighted by molar-refractivity contribution is 7.07. The zero-order valence-electron chi connectivity index (χ0n) is 6.94. The number of hydrogen-bond acceptors (Lipinski definition) is 3. The summed E-state index contributed by atoms with van der Waals surface area (Å²) >= 11 is 1.63. The molecule has 2 nitrogen and oxygen atoms in total. The molecule has 1 saturated carbocycles. The van der Waals surface area contributed by atoms with Crippen LogP contribution in [-0.2, 0) is 6.42 Å². The van der Waals surface area contributed by atoms with Gasteiger partial charge in [-0.3, -0.25) is 0 Å². The Labute approximate surface area is 76.3 Å². The first kappa shape index (κ1) is 8.20. The number of rotatable bonds is 2. The van der Waals surface area contributed by atoms with E-state index in [-0.39, 0.29) is 6.10 Å². The van der Waals surface area contributed by atoms with Gasteiger partial charge in [-0.15, -0.1) is 11.3 Å². The second kappa shape index (κ2) is 3.54. The van der Waals surface area contributed by atoms with E-state index in [0.29, 0.717) is 5.92 Å². The summed E-state index contributed by atoms with van der Waals surface area (Å²) in [5.74, 6) is 0.465. The van der Waals surface area contributed by atoms with Gasteiger partial charge < -0.3 is 5.11 Å². The van der Waals surface area contributed by atoms with Gasteiger partial charge in [-0.25, -0.2) is 4.98 Å². The van der Waals surface area contributed by atoms with E-state index in [1.54, 1.807) is 11.3 Å². The Kier molecular flexibility index (Phi) is 2.42. The van der Waals surface area contributed by atoms with Crippen molar-refractivity contribution < 1.29 is 5.11 Å². The van der Waals surface area contributed by atoms with Gasteiger partial charge in [-0.1, -0.05) is 6.42 Å². The first-order valence-electron chi connectivity index (χ1n) is 4.41. The van der Waals surface area contributed by atoms with E-state index in [2.05, 4.69) is 10.4 Å². The second-order valence-electron chi connectivity index (χ2n) is 3.44. The predicted molar refractivity (Wildman–Crippen MR) is 49.2 cm³/mol. The SMILES string of the molecule is O[C@@H]1CCC[C@H]1Cc1cscn1. The minimum absolute atomic E-state index is 0.0771. The van der Waals surface area contributed by atoms with Crippen molar-refractivity contribution in [1.29, 1.82) is 0 Å². The summed E-state index contributed by atoms with van der Waals surface area (Å²) < 4.78 is 0. The monoisotopic (exact) mass is 183 g/mol. The van der Waals surface area contributed by atoms with Gasteiger partial charge in [0.1, 0.15) is 0 Å². The molecule has 1 aliphatic rings. The zero-order valence-corrected chi connectivity index (χ0v) is 7.76. The summed E-state index contributed by atoms with van der Waals surface area (Å²) in [6.45, 7) is 0. The van der Waals surface area contributed by atoms with Crippen molar-refractivity contribution in [2.24, 2.45) is 5.92 Å². The third kappa shape index (κ3) is 1.67. The Morgan fingerprint density at radius 2 is 2.50 bits per heavy atom. The fraction of sp³-hybridized carbons (Fsp3) is 0.667. The Morgan fingerprint density at radius 3 is 3.08 bits per heavy atom. The quantitative estimate of drug-likeness (QED) is 0.759. The number of aromatic nitrogens is 1. The molecule has 66 valence electrons. The van der Waals surface area contributed by atoms with Gasteiger partial charge in [-0.05, 0) is 25.2 Å². The summed E-state index contributed by atoms with van der Waals surface area (Å²) in [7, 11) is 0. The Morgan fingerprint density at radius 1 is 1.58 bits per heavy atom. The lowest BCUT2D eigenvalue weighted by atomic mass is 10.0. The maximum absolute atomic E-state index is 9.56. The number of aliphatic hydroxyl groups is 1. The van der Waals surface area contributed by atoms with Crippen LogP contribution >= 0.6 is 11.3 Å². The summed E-state index contributed by atoms with van der Waals surface area (Å²) in [5.41, 5.74) is 3.00. The van der Waals surface area contributed by atoms with Crippen molar-refractivity contribution in [2.45, 2.75) is 31.8 Å². The molecule has 0 bridgehead atoms. The highest BCUT2D eigenvalue weighted by Gasteiger charge is 2.25. The van der Waals surface area contributed by atoms with Gasteiger partial charge in [0.2, 0.25) is 0 Å². The molecule has 0 amide bonds. The Hall–Kier alpha value is -0.410. The molecule has 0 aliphatic heterocycles. The summed E-state index contributed by atoms with van der Waals surface area (Å²) in [4.78, 5) is 4.22. The molecule has 0 radical (unpaired) electrons. The lowest BCUT2D eigenvalue weighted by Crippen LogP contribution is -2.15. The fourth-order valence-electron chi connectivity index (χ4n) is 1.86. The molecule has 0 unspecified atom stereocenters. The van der Waals surface area contributed by atoms with Crippen LogP contribution in [0, 0.1) is 5.92 Å². The summed E-state index contributed by atoms with van der Waals surface area (Å²) in [6.07, 6.45) is 4.21. The van der Waals surface area contributed by atoms with Crippen LogP contribution in [0.1, 0.15) is 25.0 Å². The maximum atomic E-state index is 9.56. The molecule has 1 aliphatic carbocycles. The van der Waals surface area contributed by atoms with Crippen LogP contribution in [0.25, 0.3) is 0 Å². The van der Waals surface area contributed by atoms with Crippen LogP contribution in [0.4, 0.5) is 0 Å². The average Bonchev–Trinajstić information content (AvgIpc) is 2.65. The van der Waals surface area contributed by atoms with Crippen LogP contribution in [0.15, 0.2) is 10.9 Å². The van der Waals surface area contributed by atoms with Gasteiger partial charge >= 0.3 is 0 Å². The van der Waals surface area contributed by atoms with E-state index in [4.69, 9.17) is 0 Å². The second-order valence-corrected chi connectivity index (χ2v) is 4.16. The number of aliphatic hydroxyl groups excluding tert-OH is 1.